The monoisotopic (exact) mass is 262 g/mol. The van der Waals surface area contributed by atoms with Gasteiger partial charge in [-0.3, -0.25) is 0 Å². The van der Waals surface area contributed by atoms with Gasteiger partial charge in [0, 0.05) is 6.07 Å². The molecule has 1 N–H and O–H groups in total. The number of aliphatic hydroxyl groups is 1. The number of rotatable bonds is 5. The van der Waals surface area contributed by atoms with E-state index >= 15 is 0 Å². The zero-order chi connectivity index (χ0) is 13.7. The molecule has 0 atom stereocenters. The molecule has 2 aromatic rings. The Morgan fingerprint density at radius 3 is 2.58 bits per heavy atom. The van der Waals surface area contributed by atoms with Gasteiger partial charge in [-0.25, -0.2) is 4.39 Å². The van der Waals surface area contributed by atoms with Gasteiger partial charge in [0.1, 0.15) is 11.5 Å². The summed E-state index contributed by atoms with van der Waals surface area (Å²) in [5.74, 6) is 0.785. The van der Waals surface area contributed by atoms with E-state index in [-0.39, 0.29) is 12.4 Å². The van der Waals surface area contributed by atoms with Crippen molar-refractivity contribution in [2.24, 2.45) is 0 Å². The van der Waals surface area contributed by atoms with E-state index in [2.05, 4.69) is 0 Å². The van der Waals surface area contributed by atoms with Crippen molar-refractivity contribution in [3.8, 4) is 17.2 Å². The molecule has 0 aliphatic rings. The Kier molecular flexibility index (Phi) is 4.36. The highest BCUT2D eigenvalue weighted by molar-refractivity contribution is 5.38. The second-order valence-corrected chi connectivity index (χ2v) is 3.93. The van der Waals surface area contributed by atoms with Crippen LogP contribution in [0.15, 0.2) is 42.5 Å². The smallest absolute Gasteiger partial charge is 0.166 e. The van der Waals surface area contributed by atoms with Crippen LogP contribution >= 0.6 is 0 Å². The van der Waals surface area contributed by atoms with E-state index in [9.17, 15) is 4.39 Å². The van der Waals surface area contributed by atoms with E-state index in [1.54, 1.807) is 24.3 Å². The van der Waals surface area contributed by atoms with E-state index in [0.717, 1.165) is 0 Å². The zero-order valence-corrected chi connectivity index (χ0v) is 10.6. The van der Waals surface area contributed by atoms with Crippen molar-refractivity contribution in [3.63, 3.8) is 0 Å². The molecule has 0 bridgehead atoms. The molecule has 0 aliphatic carbocycles. The van der Waals surface area contributed by atoms with Crippen molar-refractivity contribution in [1.29, 1.82) is 0 Å². The minimum atomic E-state index is -0.506. The lowest BCUT2D eigenvalue weighted by Gasteiger charge is -2.09. The van der Waals surface area contributed by atoms with Crippen molar-refractivity contribution >= 4 is 0 Å². The first-order valence-electron chi connectivity index (χ1n) is 6.03. The van der Waals surface area contributed by atoms with Crippen LogP contribution in [0.3, 0.4) is 0 Å². The quantitative estimate of drug-likeness (QED) is 0.896. The van der Waals surface area contributed by atoms with E-state index < -0.39 is 5.82 Å². The maximum Gasteiger partial charge on any atom is 0.166 e. The first-order chi connectivity index (χ1) is 9.22. The minimum absolute atomic E-state index is 0.117. The van der Waals surface area contributed by atoms with Crippen LogP contribution in [0.4, 0.5) is 4.39 Å². The molecule has 0 radical (unpaired) electrons. The largest absolute Gasteiger partial charge is 0.494 e. The molecule has 100 valence electrons. The van der Waals surface area contributed by atoms with Crippen LogP contribution in [0.25, 0.3) is 0 Å². The van der Waals surface area contributed by atoms with E-state index in [4.69, 9.17) is 14.6 Å². The van der Waals surface area contributed by atoms with Gasteiger partial charge in [0.25, 0.3) is 0 Å². The highest BCUT2D eigenvalue weighted by Crippen LogP contribution is 2.27. The summed E-state index contributed by atoms with van der Waals surface area (Å²) in [7, 11) is 0. The summed E-state index contributed by atoms with van der Waals surface area (Å²) in [4.78, 5) is 0. The third-order valence-corrected chi connectivity index (χ3v) is 2.52. The first-order valence-corrected chi connectivity index (χ1v) is 6.03. The third-order valence-electron chi connectivity index (χ3n) is 2.52. The number of hydrogen-bond donors (Lipinski definition) is 1. The fourth-order valence-electron chi connectivity index (χ4n) is 1.65. The summed E-state index contributed by atoms with van der Waals surface area (Å²) >= 11 is 0. The molecule has 0 saturated heterocycles. The maximum atomic E-state index is 13.7. The summed E-state index contributed by atoms with van der Waals surface area (Å²) in [5.41, 5.74) is 0.507. The highest BCUT2D eigenvalue weighted by Gasteiger charge is 2.06. The lowest BCUT2D eigenvalue weighted by molar-refractivity contribution is 0.281. The van der Waals surface area contributed by atoms with Crippen LogP contribution in [0.5, 0.6) is 17.2 Å². The SMILES string of the molecule is CCOc1cccc(Oc2ccc(CO)cc2F)c1. The molecular weight excluding hydrogens is 247 g/mol. The summed E-state index contributed by atoms with van der Waals surface area (Å²) in [6.45, 7) is 2.25. The summed E-state index contributed by atoms with van der Waals surface area (Å²) in [6.07, 6.45) is 0. The lowest BCUT2D eigenvalue weighted by Crippen LogP contribution is -1.93. The predicted molar refractivity (Wildman–Crippen MR) is 70.0 cm³/mol. The van der Waals surface area contributed by atoms with Crippen LogP contribution < -0.4 is 9.47 Å². The topological polar surface area (TPSA) is 38.7 Å². The molecule has 3 nitrogen and oxygen atoms in total. The molecule has 19 heavy (non-hydrogen) atoms. The van der Waals surface area contributed by atoms with Gasteiger partial charge in [0.05, 0.1) is 13.2 Å². The van der Waals surface area contributed by atoms with Gasteiger partial charge in [-0.05, 0) is 36.8 Å². The molecule has 4 heteroatoms. The van der Waals surface area contributed by atoms with Gasteiger partial charge in [0.15, 0.2) is 11.6 Å². The first kappa shape index (κ1) is 13.4. The van der Waals surface area contributed by atoms with Crippen LogP contribution in [0.2, 0.25) is 0 Å². The van der Waals surface area contributed by atoms with E-state index in [1.807, 2.05) is 13.0 Å². The zero-order valence-electron chi connectivity index (χ0n) is 10.6. The van der Waals surface area contributed by atoms with E-state index in [1.165, 1.54) is 12.1 Å². The van der Waals surface area contributed by atoms with Gasteiger partial charge in [-0.15, -0.1) is 0 Å². The molecule has 2 aromatic carbocycles. The molecule has 0 fully saturated rings. The normalized spacial score (nSPS) is 10.3. The van der Waals surface area contributed by atoms with Gasteiger partial charge in [-0.1, -0.05) is 12.1 Å². The van der Waals surface area contributed by atoms with Crippen molar-refractivity contribution < 1.29 is 19.0 Å². The van der Waals surface area contributed by atoms with Crippen LogP contribution in [-0.4, -0.2) is 11.7 Å². The molecule has 0 aliphatic heterocycles. The summed E-state index contributed by atoms with van der Waals surface area (Å²) in [5, 5.41) is 8.91. The Labute approximate surface area is 111 Å². The van der Waals surface area contributed by atoms with Gasteiger partial charge < -0.3 is 14.6 Å². The second kappa shape index (κ2) is 6.20. The van der Waals surface area contributed by atoms with Gasteiger partial charge >= 0.3 is 0 Å². The fourth-order valence-corrected chi connectivity index (χ4v) is 1.65. The minimum Gasteiger partial charge on any atom is -0.494 e. The number of halogens is 1. The number of ether oxygens (including phenoxy) is 2. The van der Waals surface area contributed by atoms with Crippen molar-refractivity contribution in [2.45, 2.75) is 13.5 Å². The van der Waals surface area contributed by atoms with Crippen LogP contribution in [0, 0.1) is 5.82 Å². The molecule has 0 amide bonds. The molecule has 0 saturated carbocycles. The Bertz CT molecular complexity index is 555. The number of benzene rings is 2. The Morgan fingerprint density at radius 1 is 1.11 bits per heavy atom. The number of hydrogen-bond acceptors (Lipinski definition) is 3. The lowest BCUT2D eigenvalue weighted by atomic mass is 10.2. The average Bonchev–Trinajstić information content (AvgIpc) is 2.42. The molecule has 2 rings (SSSR count). The van der Waals surface area contributed by atoms with Crippen LogP contribution in [-0.2, 0) is 6.61 Å². The molecule has 0 unspecified atom stereocenters. The van der Waals surface area contributed by atoms with Gasteiger partial charge in [-0.2, -0.15) is 0 Å². The van der Waals surface area contributed by atoms with Gasteiger partial charge in [0.2, 0.25) is 0 Å². The standard InChI is InChI=1S/C15H15FO3/c1-2-18-12-4-3-5-13(9-12)19-15-7-6-11(10-17)8-14(15)16/h3-9,17H,2,10H2,1H3. The second-order valence-electron chi connectivity index (χ2n) is 3.93. The van der Waals surface area contributed by atoms with E-state index in [0.29, 0.717) is 23.7 Å². The molecular formula is C15H15FO3. The maximum absolute atomic E-state index is 13.7. The summed E-state index contributed by atoms with van der Waals surface area (Å²) < 4.78 is 24.5. The third kappa shape index (κ3) is 3.45. The van der Waals surface area contributed by atoms with Crippen molar-refractivity contribution in [1.82, 2.24) is 0 Å². The molecule has 0 spiro atoms. The molecule has 0 aromatic heterocycles. The van der Waals surface area contributed by atoms with Crippen LogP contribution in [0.1, 0.15) is 12.5 Å². The Morgan fingerprint density at radius 2 is 1.89 bits per heavy atom. The average molecular weight is 262 g/mol. The molecule has 0 heterocycles. The van der Waals surface area contributed by atoms with Crippen molar-refractivity contribution in [2.75, 3.05) is 6.61 Å². The highest BCUT2D eigenvalue weighted by atomic mass is 19.1. The number of aliphatic hydroxyl groups excluding tert-OH is 1. The predicted octanol–water partition coefficient (Wildman–Crippen LogP) is 3.51. The Hall–Kier alpha value is -2.07. The fraction of sp³-hybridized carbons (Fsp3) is 0.200. The summed E-state index contributed by atoms with van der Waals surface area (Å²) in [6, 6.07) is 11.4. The Balaban J connectivity index is 2.18. The van der Waals surface area contributed by atoms with Crippen molar-refractivity contribution in [3.05, 3.63) is 53.8 Å².